The fourth-order valence-electron chi connectivity index (χ4n) is 3.82. The number of hydrogen-bond donors (Lipinski definition) is 1. The Morgan fingerprint density at radius 1 is 1.19 bits per heavy atom. The third-order valence-corrected chi connectivity index (χ3v) is 6.23. The van der Waals surface area contributed by atoms with Gasteiger partial charge >= 0.3 is 0 Å². The van der Waals surface area contributed by atoms with Gasteiger partial charge in [-0.05, 0) is 57.0 Å². The fraction of sp³-hybridized carbons (Fsp3) is 0.385. The van der Waals surface area contributed by atoms with E-state index < -0.39 is 0 Å². The highest BCUT2D eigenvalue weighted by Crippen LogP contribution is 2.31. The van der Waals surface area contributed by atoms with Gasteiger partial charge in [0.2, 0.25) is 0 Å². The van der Waals surface area contributed by atoms with E-state index in [1.807, 2.05) is 12.2 Å². The molecule has 0 aliphatic rings. The molecule has 1 atom stereocenters. The summed E-state index contributed by atoms with van der Waals surface area (Å²) in [7, 11) is 2.14. The minimum absolute atomic E-state index is 0.256. The standard InChI is InChI=1S/C26H34N4S/c1-5-7-8-9-10-11-16-27-17-15-21-13-14-23-25(18-21)30(4)26(29-23)22(12-6-2)24-19-31-20(3)28-24/h5,7-10,13-14,18-19,22,27H,1,6,11-12,15-17H2,2-4H3/b8-7-,10-9+. The number of benzene rings is 1. The quantitative estimate of drug-likeness (QED) is 0.277. The minimum Gasteiger partial charge on any atom is -0.331 e. The van der Waals surface area contributed by atoms with Gasteiger partial charge in [0.25, 0.3) is 0 Å². The third kappa shape index (κ3) is 6.25. The number of rotatable bonds is 12. The summed E-state index contributed by atoms with van der Waals surface area (Å²) in [5.41, 5.74) is 4.77. The second-order valence-electron chi connectivity index (χ2n) is 7.82. The van der Waals surface area contributed by atoms with Gasteiger partial charge in [-0.1, -0.05) is 56.4 Å². The van der Waals surface area contributed by atoms with E-state index in [4.69, 9.17) is 9.97 Å². The van der Waals surface area contributed by atoms with Crippen LogP contribution in [0.5, 0.6) is 0 Å². The van der Waals surface area contributed by atoms with E-state index in [1.54, 1.807) is 17.4 Å². The maximum Gasteiger partial charge on any atom is 0.118 e. The Hall–Kier alpha value is -2.50. The first-order chi connectivity index (χ1) is 15.1. The zero-order chi connectivity index (χ0) is 22.1. The van der Waals surface area contributed by atoms with E-state index in [2.05, 4.69) is 73.1 Å². The first kappa shape index (κ1) is 23.2. The molecule has 0 saturated carbocycles. The number of fused-ring (bicyclic) bond motifs is 1. The molecular weight excluding hydrogens is 400 g/mol. The summed E-state index contributed by atoms with van der Waals surface area (Å²) in [6, 6.07) is 6.67. The van der Waals surface area contributed by atoms with Crippen molar-refractivity contribution in [2.45, 2.75) is 45.4 Å². The van der Waals surface area contributed by atoms with E-state index in [9.17, 15) is 0 Å². The van der Waals surface area contributed by atoms with Crippen LogP contribution in [0.15, 0.2) is 60.5 Å². The molecule has 4 nitrogen and oxygen atoms in total. The summed E-state index contributed by atoms with van der Waals surface area (Å²) in [6.45, 7) is 9.93. The van der Waals surface area contributed by atoms with Crippen molar-refractivity contribution >= 4 is 22.4 Å². The number of thiazole rings is 1. The predicted molar refractivity (Wildman–Crippen MR) is 134 cm³/mol. The van der Waals surface area contributed by atoms with Crippen LogP contribution < -0.4 is 5.32 Å². The van der Waals surface area contributed by atoms with Gasteiger partial charge < -0.3 is 9.88 Å². The second kappa shape index (κ2) is 11.8. The summed E-state index contributed by atoms with van der Waals surface area (Å²) >= 11 is 1.72. The molecule has 2 aromatic heterocycles. The van der Waals surface area contributed by atoms with Gasteiger partial charge in [-0.15, -0.1) is 11.3 Å². The zero-order valence-corrected chi connectivity index (χ0v) is 19.8. The predicted octanol–water partition coefficient (Wildman–Crippen LogP) is 6.09. The highest BCUT2D eigenvalue weighted by molar-refractivity contribution is 7.09. The molecule has 0 aliphatic carbocycles. The highest BCUT2D eigenvalue weighted by Gasteiger charge is 2.22. The molecule has 0 bridgehead atoms. The molecule has 0 spiro atoms. The third-order valence-electron chi connectivity index (χ3n) is 5.44. The Balaban J connectivity index is 1.64. The Bertz CT molecular complexity index is 1040. The molecule has 0 saturated heterocycles. The lowest BCUT2D eigenvalue weighted by Crippen LogP contribution is -2.18. The van der Waals surface area contributed by atoms with Crippen LogP contribution in [0.2, 0.25) is 0 Å². The lowest BCUT2D eigenvalue weighted by atomic mass is 10.00. The van der Waals surface area contributed by atoms with Crippen molar-refractivity contribution in [3.8, 4) is 0 Å². The lowest BCUT2D eigenvalue weighted by molar-refractivity contribution is 0.624. The summed E-state index contributed by atoms with van der Waals surface area (Å²) in [5, 5.41) is 6.84. The van der Waals surface area contributed by atoms with Crippen LogP contribution in [0.25, 0.3) is 11.0 Å². The number of aromatic nitrogens is 3. The van der Waals surface area contributed by atoms with E-state index in [-0.39, 0.29) is 5.92 Å². The molecule has 1 unspecified atom stereocenters. The van der Waals surface area contributed by atoms with E-state index in [0.717, 1.165) is 60.8 Å². The number of aryl methyl sites for hydroxylation is 2. The van der Waals surface area contributed by atoms with Crippen LogP contribution in [-0.2, 0) is 13.5 Å². The van der Waals surface area contributed by atoms with Gasteiger partial charge in [-0.25, -0.2) is 9.97 Å². The Labute approximate surface area is 190 Å². The van der Waals surface area contributed by atoms with Crippen molar-refractivity contribution in [1.82, 2.24) is 19.9 Å². The average Bonchev–Trinajstić information content (AvgIpc) is 3.34. The summed E-state index contributed by atoms with van der Waals surface area (Å²) in [6.07, 6.45) is 14.2. The molecular formula is C26H34N4S. The summed E-state index contributed by atoms with van der Waals surface area (Å²) < 4.78 is 2.27. The Kier molecular flexibility index (Phi) is 8.80. The largest absolute Gasteiger partial charge is 0.331 e. The van der Waals surface area contributed by atoms with Gasteiger partial charge in [-0.2, -0.15) is 0 Å². The van der Waals surface area contributed by atoms with E-state index in [1.165, 1.54) is 11.1 Å². The smallest absolute Gasteiger partial charge is 0.118 e. The first-order valence-corrected chi connectivity index (χ1v) is 12.0. The molecule has 3 aromatic rings. The highest BCUT2D eigenvalue weighted by atomic mass is 32.1. The lowest BCUT2D eigenvalue weighted by Gasteiger charge is -2.14. The van der Waals surface area contributed by atoms with Crippen LogP contribution in [-0.4, -0.2) is 27.6 Å². The van der Waals surface area contributed by atoms with Crippen LogP contribution >= 0.6 is 11.3 Å². The monoisotopic (exact) mass is 434 g/mol. The topological polar surface area (TPSA) is 42.7 Å². The van der Waals surface area contributed by atoms with Gasteiger partial charge in [0.15, 0.2) is 0 Å². The summed E-state index contributed by atoms with van der Waals surface area (Å²) in [4.78, 5) is 9.77. The molecule has 0 fully saturated rings. The average molecular weight is 435 g/mol. The molecule has 1 aromatic carbocycles. The van der Waals surface area contributed by atoms with E-state index >= 15 is 0 Å². The van der Waals surface area contributed by atoms with Crippen molar-refractivity contribution in [2.75, 3.05) is 13.1 Å². The molecule has 164 valence electrons. The Morgan fingerprint density at radius 3 is 2.81 bits per heavy atom. The number of nitrogens with one attached hydrogen (secondary N) is 1. The number of imidazole rings is 1. The second-order valence-corrected chi connectivity index (χ2v) is 8.88. The van der Waals surface area contributed by atoms with E-state index in [0.29, 0.717) is 0 Å². The normalized spacial score (nSPS) is 13.0. The maximum atomic E-state index is 5.00. The maximum absolute atomic E-state index is 5.00. The molecule has 31 heavy (non-hydrogen) atoms. The Morgan fingerprint density at radius 2 is 2.06 bits per heavy atom. The summed E-state index contributed by atoms with van der Waals surface area (Å²) in [5.74, 6) is 1.38. The van der Waals surface area contributed by atoms with Crippen molar-refractivity contribution in [1.29, 1.82) is 0 Å². The number of nitrogens with zero attached hydrogens (tertiary/aromatic N) is 3. The van der Waals surface area contributed by atoms with Crippen molar-refractivity contribution < 1.29 is 0 Å². The zero-order valence-electron chi connectivity index (χ0n) is 19.0. The van der Waals surface area contributed by atoms with Gasteiger partial charge in [-0.3, -0.25) is 0 Å². The molecule has 2 heterocycles. The van der Waals surface area contributed by atoms with Crippen LogP contribution in [0.1, 0.15) is 54.2 Å². The van der Waals surface area contributed by atoms with Crippen molar-refractivity contribution in [3.05, 3.63) is 82.6 Å². The van der Waals surface area contributed by atoms with Gasteiger partial charge in [0, 0.05) is 12.4 Å². The molecule has 1 N–H and O–H groups in total. The first-order valence-electron chi connectivity index (χ1n) is 11.2. The van der Waals surface area contributed by atoms with Crippen LogP contribution in [0, 0.1) is 6.92 Å². The van der Waals surface area contributed by atoms with Gasteiger partial charge in [0.1, 0.15) is 5.82 Å². The molecule has 0 aliphatic heterocycles. The minimum atomic E-state index is 0.256. The van der Waals surface area contributed by atoms with Crippen LogP contribution in [0.3, 0.4) is 0 Å². The molecule has 0 amide bonds. The molecule has 3 rings (SSSR count). The SMILES string of the molecule is C=C/C=C\C=C\CCNCCc1ccc2nc(C(CCC)c3csc(C)n3)n(C)c2c1. The number of hydrogen-bond acceptors (Lipinski definition) is 4. The fourth-order valence-corrected chi connectivity index (χ4v) is 4.49. The molecule has 0 radical (unpaired) electrons. The number of allylic oxidation sites excluding steroid dienone is 4. The van der Waals surface area contributed by atoms with Crippen molar-refractivity contribution in [3.63, 3.8) is 0 Å². The van der Waals surface area contributed by atoms with Crippen LogP contribution in [0.4, 0.5) is 0 Å². The van der Waals surface area contributed by atoms with Gasteiger partial charge in [0.05, 0.1) is 27.7 Å². The molecule has 5 heteroatoms. The van der Waals surface area contributed by atoms with Crippen molar-refractivity contribution in [2.24, 2.45) is 7.05 Å².